The van der Waals surface area contributed by atoms with Crippen molar-refractivity contribution in [1.29, 1.82) is 0 Å². The molecule has 0 bridgehead atoms. The van der Waals surface area contributed by atoms with Crippen LogP contribution < -0.4 is 15.0 Å². The van der Waals surface area contributed by atoms with Crippen LogP contribution in [0.25, 0.3) is 11.1 Å². The van der Waals surface area contributed by atoms with Gasteiger partial charge < -0.3 is 9.47 Å². The molecule has 2 heterocycles. The van der Waals surface area contributed by atoms with Gasteiger partial charge in [-0.3, -0.25) is 4.79 Å². The number of aromatic nitrogens is 2. The van der Waals surface area contributed by atoms with Crippen LogP contribution in [0.4, 0.5) is 0 Å². The summed E-state index contributed by atoms with van der Waals surface area (Å²) in [5.41, 5.74) is 1.41. The van der Waals surface area contributed by atoms with Crippen LogP contribution in [0.5, 0.6) is 11.5 Å². The number of rotatable bonds is 1. The number of hydrogen-bond acceptors (Lipinski definition) is 4. The zero-order chi connectivity index (χ0) is 11.7. The number of benzene rings is 1. The summed E-state index contributed by atoms with van der Waals surface area (Å²) in [6.45, 7) is 1.11. The molecule has 0 fully saturated rings. The number of H-pyrrole nitrogens is 1. The van der Waals surface area contributed by atoms with Gasteiger partial charge in [0.25, 0.3) is 5.56 Å². The maximum atomic E-state index is 11.2. The molecule has 1 aromatic carbocycles. The van der Waals surface area contributed by atoms with Crippen molar-refractivity contribution < 1.29 is 9.47 Å². The Morgan fingerprint density at radius 2 is 1.88 bits per heavy atom. The van der Waals surface area contributed by atoms with Gasteiger partial charge in [0.1, 0.15) is 13.2 Å². The second kappa shape index (κ2) is 3.93. The highest BCUT2D eigenvalue weighted by Crippen LogP contribution is 2.33. The highest BCUT2D eigenvalue weighted by Gasteiger charge is 2.12. The molecule has 2 aromatic rings. The standard InChI is InChI=1S/C12H10N2O3/c15-12-6-9(7-13-14-12)8-1-2-10-11(5-8)17-4-3-16-10/h1-2,5-7H,3-4H2,(H,14,15). The number of ether oxygens (including phenoxy) is 2. The summed E-state index contributed by atoms with van der Waals surface area (Å²) in [5.74, 6) is 1.44. The second-order valence-corrected chi connectivity index (χ2v) is 3.69. The minimum atomic E-state index is -0.225. The Morgan fingerprint density at radius 3 is 2.71 bits per heavy atom. The Morgan fingerprint density at radius 1 is 1.06 bits per heavy atom. The van der Waals surface area contributed by atoms with Crippen molar-refractivity contribution in [3.05, 3.63) is 40.8 Å². The first kappa shape index (κ1) is 9.89. The summed E-state index contributed by atoms with van der Waals surface area (Å²) in [7, 11) is 0. The number of fused-ring (bicyclic) bond motifs is 1. The van der Waals surface area contributed by atoms with Crippen LogP contribution in [-0.4, -0.2) is 23.4 Å². The van der Waals surface area contributed by atoms with Crippen LogP contribution in [0.15, 0.2) is 35.3 Å². The monoisotopic (exact) mass is 230 g/mol. The molecular formula is C12H10N2O3. The largest absolute Gasteiger partial charge is 0.486 e. The Labute approximate surface area is 97.0 Å². The van der Waals surface area contributed by atoms with Gasteiger partial charge in [-0.1, -0.05) is 6.07 Å². The van der Waals surface area contributed by atoms with Crippen molar-refractivity contribution in [2.75, 3.05) is 13.2 Å². The van der Waals surface area contributed by atoms with Gasteiger partial charge in [-0.2, -0.15) is 5.10 Å². The van der Waals surface area contributed by atoms with Crippen LogP contribution >= 0.6 is 0 Å². The van der Waals surface area contributed by atoms with E-state index >= 15 is 0 Å². The smallest absolute Gasteiger partial charge is 0.264 e. The van der Waals surface area contributed by atoms with E-state index in [0.29, 0.717) is 19.0 Å². The van der Waals surface area contributed by atoms with Gasteiger partial charge in [-0.25, -0.2) is 5.10 Å². The van der Waals surface area contributed by atoms with Gasteiger partial charge in [-0.15, -0.1) is 0 Å². The highest BCUT2D eigenvalue weighted by atomic mass is 16.6. The van der Waals surface area contributed by atoms with E-state index in [0.717, 1.165) is 16.9 Å². The molecule has 1 N–H and O–H groups in total. The maximum absolute atomic E-state index is 11.2. The summed E-state index contributed by atoms with van der Waals surface area (Å²) < 4.78 is 10.9. The lowest BCUT2D eigenvalue weighted by Crippen LogP contribution is -2.15. The molecule has 0 aliphatic carbocycles. The average molecular weight is 230 g/mol. The molecule has 3 rings (SSSR count). The van der Waals surface area contributed by atoms with Gasteiger partial charge in [-0.05, 0) is 17.7 Å². The molecule has 1 aliphatic heterocycles. The number of nitrogens with one attached hydrogen (secondary N) is 1. The lowest BCUT2D eigenvalue weighted by molar-refractivity contribution is 0.171. The van der Waals surface area contributed by atoms with Crippen molar-refractivity contribution in [2.24, 2.45) is 0 Å². The fourth-order valence-electron chi connectivity index (χ4n) is 1.76. The third-order valence-electron chi connectivity index (χ3n) is 2.54. The minimum Gasteiger partial charge on any atom is -0.486 e. The zero-order valence-corrected chi connectivity index (χ0v) is 8.97. The van der Waals surface area contributed by atoms with E-state index in [1.807, 2.05) is 18.2 Å². The number of hydrogen-bond donors (Lipinski definition) is 1. The highest BCUT2D eigenvalue weighted by molar-refractivity contribution is 5.66. The molecule has 5 nitrogen and oxygen atoms in total. The predicted molar refractivity (Wildman–Crippen MR) is 61.3 cm³/mol. The molecule has 0 unspecified atom stereocenters. The Bertz CT molecular complexity index is 607. The van der Waals surface area contributed by atoms with Crippen molar-refractivity contribution in [3.63, 3.8) is 0 Å². The molecule has 0 spiro atoms. The third-order valence-corrected chi connectivity index (χ3v) is 2.54. The minimum absolute atomic E-state index is 0.225. The first-order valence-corrected chi connectivity index (χ1v) is 5.28. The lowest BCUT2D eigenvalue weighted by atomic mass is 10.1. The molecule has 86 valence electrons. The summed E-state index contributed by atoms with van der Waals surface area (Å²) in [4.78, 5) is 11.2. The Hall–Kier alpha value is -2.30. The van der Waals surface area contributed by atoms with E-state index in [9.17, 15) is 4.79 Å². The van der Waals surface area contributed by atoms with Gasteiger partial charge in [0.05, 0.1) is 6.20 Å². The Kier molecular flexibility index (Phi) is 2.29. The molecule has 1 aromatic heterocycles. The van der Waals surface area contributed by atoms with E-state index in [-0.39, 0.29) is 5.56 Å². The summed E-state index contributed by atoms with van der Waals surface area (Å²) in [5, 5.41) is 6.11. The molecule has 17 heavy (non-hydrogen) atoms. The summed E-state index contributed by atoms with van der Waals surface area (Å²) in [6.07, 6.45) is 1.60. The van der Waals surface area contributed by atoms with Gasteiger partial charge in [0.15, 0.2) is 11.5 Å². The molecule has 0 amide bonds. The third kappa shape index (κ3) is 1.87. The van der Waals surface area contributed by atoms with Crippen LogP contribution in [0.2, 0.25) is 0 Å². The van der Waals surface area contributed by atoms with Crippen LogP contribution in [0.3, 0.4) is 0 Å². The first-order chi connectivity index (χ1) is 8.33. The van der Waals surface area contributed by atoms with Crippen molar-refractivity contribution >= 4 is 0 Å². The zero-order valence-electron chi connectivity index (χ0n) is 8.97. The average Bonchev–Trinajstić information content (AvgIpc) is 2.38. The molecular weight excluding hydrogens is 220 g/mol. The summed E-state index contributed by atoms with van der Waals surface area (Å²) in [6, 6.07) is 7.07. The van der Waals surface area contributed by atoms with E-state index in [1.54, 1.807) is 6.20 Å². The normalized spacial score (nSPS) is 13.4. The van der Waals surface area contributed by atoms with Crippen molar-refractivity contribution in [3.8, 4) is 22.6 Å². The number of nitrogens with zero attached hydrogens (tertiary/aromatic N) is 1. The van der Waals surface area contributed by atoms with Gasteiger partial charge in [0.2, 0.25) is 0 Å². The topological polar surface area (TPSA) is 64.2 Å². The maximum Gasteiger partial charge on any atom is 0.264 e. The molecule has 0 saturated heterocycles. The van der Waals surface area contributed by atoms with Crippen LogP contribution in [-0.2, 0) is 0 Å². The predicted octanol–water partition coefficient (Wildman–Crippen LogP) is 1.21. The van der Waals surface area contributed by atoms with E-state index < -0.39 is 0 Å². The Balaban J connectivity index is 2.07. The van der Waals surface area contributed by atoms with E-state index in [2.05, 4.69) is 10.2 Å². The summed E-state index contributed by atoms with van der Waals surface area (Å²) >= 11 is 0. The van der Waals surface area contributed by atoms with E-state index in [4.69, 9.17) is 9.47 Å². The molecule has 0 radical (unpaired) electrons. The lowest BCUT2D eigenvalue weighted by Gasteiger charge is -2.18. The van der Waals surface area contributed by atoms with Gasteiger partial charge in [0, 0.05) is 11.6 Å². The van der Waals surface area contributed by atoms with Crippen molar-refractivity contribution in [2.45, 2.75) is 0 Å². The van der Waals surface area contributed by atoms with Crippen LogP contribution in [0.1, 0.15) is 0 Å². The molecule has 0 atom stereocenters. The fourth-order valence-corrected chi connectivity index (χ4v) is 1.76. The van der Waals surface area contributed by atoms with Crippen LogP contribution in [0, 0.1) is 0 Å². The van der Waals surface area contributed by atoms with Gasteiger partial charge >= 0.3 is 0 Å². The van der Waals surface area contributed by atoms with Crippen molar-refractivity contribution in [1.82, 2.24) is 10.2 Å². The molecule has 0 saturated carbocycles. The second-order valence-electron chi connectivity index (χ2n) is 3.69. The molecule has 1 aliphatic rings. The quantitative estimate of drug-likeness (QED) is 0.799. The van der Waals surface area contributed by atoms with E-state index in [1.165, 1.54) is 6.07 Å². The first-order valence-electron chi connectivity index (χ1n) is 5.28. The molecule has 5 heteroatoms. The fraction of sp³-hybridized carbons (Fsp3) is 0.167. The SMILES string of the molecule is O=c1cc(-c2ccc3c(c2)OCCO3)cn[nH]1. The number of aromatic amines is 1.